The lowest BCUT2D eigenvalue weighted by atomic mass is 9.70. The second-order valence-corrected chi connectivity index (χ2v) is 9.98. The predicted octanol–water partition coefficient (Wildman–Crippen LogP) is 9.18. The highest BCUT2D eigenvalue weighted by molar-refractivity contribution is 5.20. The average molecular weight is 417 g/mol. The summed E-state index contributed by atoms with van der Waals surface area (Å²) in [4.78, 5) is 0. The molecule has 2 aliphatic rings. The van der Waals surface area contributed by atoms with E-state index >= 15 is 0 Å². The summed E-state index contributed by atoms with van der Waals surface area (Å²) in [5.41, 5.74) is 2.42. The van der Waals surface area contributed by atoms with Gasteiger partial charge < -0.3 is 0 Å². The van der Waals surface area contributed by atoms with Gasteiger partial charge in [-0.3, -0.25) is 0 Å². The molecular weight excluding hydrogens is 374 g/mol. The molecule has 0 N–H and O–H groups in total. The molecule has 2 heteroatoms. The molecule has 0 spiro atoms. The highest BCUT2D eigenvalue weighted by Crippen LogP contribution is 2.41. The maximum absolute atomic E-state index is 13.4. The van der Waals surface area contributed by atoms with Crippen molar-refractivity contribution in [3.63, 3.8) is 0 Å². The SMILES string of the molecule is CCCCCCCCC1CCC(C2CC=C(CCc3ccc(F)c(F)c3)CC2)CC1. The molecule has 1 unspecified atom stereocenters. The molecule has 0 aromatic heterocycles. The first-order valence-electron chi connectivity index (χ1n) is 12.8. The molecular formula is C28H42F2. The Morgan fingerprint density at radius 1 is 0.800 bits per heavy atom. The van der Waals surface area contributed by atoms with Crippen LogP contribution in [0.1, 0.15) is 109 Å². The zero-order valence-corrected chi connectivity index (χ0v) is 19.1. The number of benzene rings is 1. The minimum atomic E-state index is -0.750. The van der Waals surface area contributed by atoms with Crippen LogP contribution in [0.5, 0.6) is 0 Å². The van der Waals surface area contributed by atoms with E-state index in [4.69, 9.17) is 0 Å². The van der Waals surface area contributed by atoms with Crippen molar-refractivity contribution in [1.82, 2.24) is 0 Å². The number of aryl methyl sites for hydroxylation is 1. The van der Waals surface area contributed by atoms with Crippen molar-refractivity contribution in [3.05, 3.63) is 47.0 Å². The summed E-state index contributed by atoms with van der Waals surface area (Å²) in [7, 11) is 0. The van der Waals surface area contributed by atoms with E-state index in [1.807, 2.05) is 0 Å². The van der Waals surface area contributed by atoms with Gasteiger partial charge in [-0.2, -0.15) is 0 Å². The van der Waals surface area contributed by atoms with Crippen LogP contribution in [-0.2, 0) is 6.42 Å². The largest absolute Gasteiger partial charge is 0.204 e. The second kappa shape index (κ2) is 12.6. The van der Waals surface area contributed by atoms with Gasteiger partial charge in [0.2, 0.25) is 0 Å². The van der Waals surface area contributed by atoms with Crippen molar-refractivity contribution in [2.45, 2.75) is 110 Å². The van der Waals surface area contributed by atoms with Gasteiger partial charge in [-0.1, -0.05) is 82.4 Å². The van der Waals surface area contributed by atoms with Gasteiger partial charge in [0.05, 0.1) is 0 Å². The van der Waals surface area contributed by atoms with Gasteiger partial charge in [-0.15, -0.1) is 0 Å². The fourth-order valence-corrected chi connectivity index (χ4v) is 5.73. The fraction of sp³-hybridized carbons (Fsp3) is 0.714. The molecule has 30 heavy (non-hydrogen) atoms. The van der Waals surface area contributed by atoms with E-state index in [-0.39, 0.29) is 0 Å². The standard InChI is InChI=1S/C28H42F2/c1-2-3-4-5-6-7-8-22-11-16-25(17-12-22)26-18-13-23(14-19-26)9-10-24-15-20-27(29)28(30)21-24/h13,15,20-22,25-26H,2-12,14,16-19H2,1H3. The van der Waals surface area contributed by atoms with Crippen LogP contribution in [-0.4, -0.2) is 0 Å². The highest BCUT2D eigenvalue weighted by atomic mass is 19.2. The molecule has 1 aromatic carbocycles. The summed E-state index contributed by atoms with van der Waals surface area (Å²) in [6.07, 6.45) is 23.8. The highest BCUT2D eigenvalue weighted by Gasteiger charge is 2.28. The minimum Gasteiger partial charge on any atom is -0.204 e. The van der Waals surface area contributed by atoms with Gasteiger partial charge in [0.1, 0.15) is 0 Å². The minimum absolute atomic E-state index is 0.725. The maximum Gasteiger partial charge on any atom is 0.159 e. The Hall–Kier alpha value is -1.18. The summed E-state index contributed by atoms with van der Waals surface area (Å²) in [5, 5.41) is 0. The van der Waals surface area contributed by atoms with Crippen molar-refractivity contribution >= 4 is 0 Å². The first kappa shape index (κ1) is 23.5. The van der Waals surface area contributed by atoms with Crippen molar-refractivity contribution in [2.75, 3.05) is 0 Å². The first-order valence-corrected chi connectivity index (χ1v) is 12.8. The molecule has 0 nitrogen and oxygen atoms in total. The van der Waals surface area contributed by atoms with Gasteiger partial charge in [-0.05, 0) is 80.4 Å². The molecule has 0 heterocycles. The molecule has 1 atom stereocenters. The van der Waals surface area contributed by atoms with Crippen LogP contribution in [0.25, 0.3) is 0 Å². The van der Waals surface area contributed by atoms with Gasteiger partial charge in [0.25, 0.3) is 0 Å². The van der Waals surface area contributed by atoms with Crippen LogP contribution in [0.2, 0.25) is 0 Å². The van der Waals surface area contributed by atoms with E-state index < -0.39 is 11.6 Å². The normalized spacial score (nSPS) is 24.6. The smallest absolute Gasteiger partial charge is 0.159 e. The summed E-state index contributed by atoms with van der Waals surface area (Å²) in [5.74, 6) is 1.34. The number of unbranched alkanes of at least 4 members (excludes halogenated alkanes) is 5. The van der Waals surface area contributed by atoms with E-state index in [1.54, 1.807) is 6.07 Å². The molecule has 1 fully saturated rings. The molecule has 1 saturated carbocycles. The van der Waals surface area contributed by atoms with Crippen molar-refractivity contribution in [1.29, 1.82) is 0 Å². The molecule has 0 amide bonds. The molecule has 0 saturated heterocycles. The third kappa shape index (κ3) is 7.50. The lowest BCUT2D eigenvalue weighted by Gasteiger charge is -2.35. The third-order valence-corrected chi connectivity index (χ3v) is 7.79. The van der Waals surface area contributed by atoms with E-state index in [0.717, 1.165) is 36.2 Å². The Kier molecular flexibility index (Phi) is 9.88. The van der Waals surface area contributed by atoms with Crippen LogP contribution >= 0.6 is 0 Å². The fourth-order valence-electron chi connectivity index (χ4n) is 5.73. The Morgan fingerprint density at radius 2 is 1.57 bits per heavy atom. The van der Waals surface area contributed by atoms with Crippen molar-refractivity contribution < 1.29 is 8.78 Å². The van der Waals surface area contributed by atoms with Crippen LogP contribution < -0.4 is 0 Å². The molecule has 1 aromatic rings. The predicted molar refractivity (Wildman–Crippen MR) is 124 cm³/mol. The molecule has 3 rings (SSSR count). The Bertz CT molecular complexity index is 655. The van der Waals surface area contributed by atoms with Crippen LogP contribution in [0.4, 0.5) is 8.78 Å². The van der Waals surface area contributed by atoms with Gasteiger partial charge in [0.15, 0.2) is 11.6 Å². The molecule has 0 bridgehead atoms. The second-order valence-electron chi connectivity index (χ2n) is 9.98. The summed E-state index contributed by atoms with van der Waals surface area (Å²) in [6, 6.07) is 4.32. The Labute approximate surface area is 183 Å². The van der Waals surface area contributed by atoms with Crippen molar-refractivity contribution in [2.24, 2.45) is 17.8 Å². The van der Waals surface area contributed by atoms with E-state index in [0.29, 0.717) is 0 Å². The third-order valence-electron chi connectivity index (χ3n) is 7.79. The molecule has 168 valence electrons. The molecule has 0 aliphatic heterocycles. The van der Waals surface area contributed by atoms with Gasteiger partial charge in [0, 0.05) is 0 Å². The lowest BCUT2D eigenvalue weighted by Crippen LogP contribution is -2.23. The quantitative estimate of drug-likeness (QED) is 0.249. The average Bonchev–Trinajstić information content (AvgIpc) is 2.78. The lowest BCUT2D eigenvalue weighted by molar-refractivity contribution is 0.185. The number of rotatable bonds is 11. The first-order chi connectivity index (χ1) is 14.7. The number of halogens is 2. The summed E-state index contributed by atoms with van der Waals surface area (Å²) >= 11 is 0. The van der Waals surface area contributed by atoms with Gasteiger partial charge >= 0.3 is 0 Å². The van der Waals surface area contributed by atoms with E-state index in [9.17, 15) is 8.78 Å². The topological polar surface area (TPSA) is 0 Å². The van der Waals surface area contributed by atoms with Crippen LogP contribution in [0.15, 0.2) is 29.8 Å². The maximum atomic E-state index is 13.4. The monoisotopic (exact) mass is 416 g/mol. The zero-order chi connectivity index (χ0) is 21.2. The Balaban J connectivity index is 1.31. The molecule has 0 radical (unpaired) electrons. The number of hydrogen-bond donors (Lipinski definition) is 0. The van der Waals surface area contributed by atoms with Crippen molar-refractivity contribution in [3.8, 4) is 0 Å². The van der Waals surface area contributed by atoms with E-state index in [2.05, 4.69) is 13.0 Å². The van der Waals surface area contributed by atoms with E-state index in [1.165, 1.54) is 108 Å². The zero-order valence-electron chi connectivity index (χ0n) is 19.1. The van der Waals surface area contributed by atoms with Gasteiger partial charge in [-0.25, -0.2) is 8.78 Å². The number of hydrogen-bond acceptors (Lipinski definition) is 0. The summed E-state index contributed by atoms with van der Waals surface area (Å²) in [6.45, 7) is 2.29. The number of allylic oxidation sites excluding steroid dienone is 2. The Morgan fingerprint density at radius 3 is 2.27 bits per heavy atom. The summed E-state index contributed by atoms with van der Waals surface area (Å²) < 4.78 is 26.4. The van der Waals surface area contributed by atoms with Crippen LogP contribution in [0, 0.1) is 29.4 Å². The van der Waals surface area contributed by atoms with Crippen LogP contribution in [0.3, 0.4) is 0 Å². The molecule has 2 aliphatic carbocycles.